The Morgan fingerprint density at radius 2 is 0.703 bits per heavy atom. The summed E-state index contributed by atoms with van der Waals surface area (Å²) in [5, 5.41) is 49.5. The zero-order valence-electron chi connectivity index (χ0n) is 85.8. The molecule has 148 heavy (non-hydrogen) atoms. The van der Waals surface area contributed by atoms with E-state index in [1.165, 1.54) is 13.2 Å². The SMILES string of the molecule is COc1cc2c(cc1OCCCCCC(=O)N1C[C@@H](CCl)c3c1cc(O)c1ccccc31)N(C(C)C)C(O)[C@@H]1CCCN1C2=O.COc1cc2c(cc1OCCCCCC(=O)N1C[C@@H](CCl)c3c1cc(OC(=O)N1CCN(C)CC1)c1ccccc31)N(C(C)C)C(O)[C@@H]1CCCN1C2=O.COc1cc2c(cc1OCCCCCC(=O)N1C[C@@H](CCl)c3c1cc(OP(=O)(O)O)c1ccccc31)N(C(C)C)C(O)[C@@H]1CCCN1C2=O. The van der Waals surface area contributed by atoms with Gasteiger partial charge in [-0.2, -0.15) is 0 Å². The monoisotopic (exact) mass is 2110 g/mol. The van der Waals surface area contributed by atoms with E-state index in [0.717, 1.165) is 126 Å². The van der Waals surface area contributed by atoms with Crippen molar-refractivity contribution in [1.29, 1.82) is 0 Å². The molecule has 0 aromatic heterocycles. The van der Waals surface area contributed by atoms with Gasteiger partial charge in [0.25, 0.3) is 17.7 Å². The molecule has 3 unspecified atom stereocenters. The number of benzene rings is 9. The maximum atomic E-state index is 13.8. The lowest BCUT2D eigenvalue weighted by atomic mass is 9.95. The average molecular weight is 2110 g/mol. The third kappa shape index (κ3) is 22.1. The van der Waals surface area contributed by atoms with E-state index >= 15 is 0 Å². The summed E-state index contributed by atoms with van der Waals surface area (Å²) in [5.74, 6) is 3.99. The topological polar surface area (TPSA) is 367 Å². The van der Waals surface area contributed by atoms with Crippen molar-refractivity contribution in [2.45, 2.75) is 230 Å². The van der Waals surface area contributed by atoms with Gasteiger partial charge in [0.2, 0.25) is 17.7 Å². The van der Waals surface area contributed by atoms with Gasteiger partial charge in [-0.05, 0) is 196 Å². The number of aromatic hydroxyl groups is 1. The zero-order chi connectivity index (χ0) is 105. The average Bonchev–Trinajstić information content (AvgIpc) is 2.42. The molecule has 9 atom stereocenters. The van der Waals surface area contributed by atoms with Crippen molar-refractivity contribution in [3.63, 3.8) is 0 Å². The molecule has 0 bridgehead atoms. The van der Waals surface area contributed by atoms with E-state index < -0.39 is 26.5 Å². The number of hydrogen-bond acceptors (Lipinski definition) is 24. The summed E-state index contributed by atoms with van der Waals surface area (Å²) in [6.45, 7) is 19.2. The summed E-state index contributed by atoms with van der Waals surface area (Å²) in [5.41, 5.74) is 8.37. The van der Waals surface area contributed by atoms with Crippen LogP contribution < -0.4 is 67.1 Å². The standard InChI is InChI=1S/C41H52ClN5O7.C35H43ClN3O9P.C35H42ClN3O6/c1-26(2)47-32-22-36(35(52-4)21-30(32)39(49)45-15-10-13-31(45)40(47)50)53-20-9-5-6-14-37(48)46-25-27(24-42)38-29-12-8-7-11-28(29)34(23-33(38)46)54-41(51)44-18-16-43(3)17-19-44;1-21(2)39-27-17-31(30(46-3)16-25(27)34(41)37-14-9-12-26(37)35(39)42)47-15-8-4-5-13-32(40)38-20-22(19-36)33-24-11-7-6-10-23(24)29(18-28(33)38)48-49(43,44)45;1-21(2)39-27-18-31(30(44-3)16-25(27)34(42)37-14-9-12-26(37)35(39)43)45-15-8-4-5-13-32(41)38-20-22(19-36)33-24-11-7-6-10-23(24)29(40)17-28(33)38/h7-8,11-12,21-23,26-27,31,40,50H,5-6,9-10,13-20,24-25H2,1-4H3;6-7,10-11,16-18,21-22,26,35,42H,4-5,8-9,12-15,19-20H2,1-3H3,(H2,43,44,45);6-7,10-11,16-18,21-22,26,35,40,43H,4-5,8-9,12-15,19-20H2,1-3H3/t27-,31+,40?;2*22-,26+,35?/m111/s1. The number of fused-ring (bicyclic) bond motifs is 15. The number of carbonyl (C=O) groups excluding carboxylic acids is 7. The number of phosphoric ester groups is 1. The number of phosphoric acid groups is 1. The number of unbranched alkanes of at least 4 members (excludes halogenated alkanes) is 6. The van der Waals surface area contributed by atoms with Gasteiger partial charge in [-0.1, -0.05) is 72.8 Å². The molecule has 6 N–H and O–H groups in total. The van der Waals surface area contributed by atoms with Crippen LogP contribution in [0.4, 0.5) is 38.9 Å². The first-order chi connectivity index (χ1) is 71.3. The Morgan fingerprint density at radius 3 is 1.03 bits per heavy atom. The van der Waals surface area contributed by atoms with Gasteiger partial charge in [0.15, 0.2) is 34.5 Å². The van der Waals surface area contributed by atoms with E-state index in [-0.39, 0.29) is 119 Å². The third-order valence-electron chi connectivity index (χ3n) is 30.5. The Bertz CT molecular complexity index is 6470. The van der Waals surface area contributed by atoms with Crippen LogP contribution in [-0.2, 0) is 18.9 Å². The minimum absolute atomic E-state index is 0.00124. The molecule has 794 valence electrons. The van der Waals surface area contributed by atoms with Crippen molar-refractivity contribution in [2.75, 3.05) is 161 Å². The first kappa shape index (κ1) is 108. The van der Waals surface area contributed by atoms with Crippen molar-refractivity contribution >= 4 is 151 Å². The normalized spacial score (nSPS) is 20.8. The molecular weight excluding hydrogens is 1980 g/mol. The molecule has 4 saturated heterocycles. The minimum Gasteiger partial charge on any atom is -0.507 e. The number of amides is 7. The number of anilines is 6. The molecule has 0 spiro atoms. The number of phenols is 1. The van der Waals surface area contributed by atoms with E-state index in [4.69, 9.17) is 72.5 Å². The van der Waals surface area contributed by atoms with Crippen LogP contribution in [0.2, 0.25) is 0 Å². The van der Waals surface area contributed by atoms with E-state index in [9.17, 15) is 68.3 Å². The molecule has 33 nitrogen and oxygen atoms in total. The number of piperazine rings is 1. The number of carbonyl (C=O) groups is 7. The van der Waals surface area contributed by atoms with Crippen LogP contribution in [0.5, 0.6) is 51.7 Å². The fourth-order valence-corrected chi connectivity index (χ4v) is 24.4. The maximum Gasteiger partial charge on any atom is 0.524 e. The van der Waals surface area contributed by atoms with Gasteiger partial charge in [0.05, 0.1) is 110 Å². The Balaban J connectivity index is 0.000000152. The Kier molecular flexibility index (Phi) is 34.2. The van der Waals surface area contributed by atoms with Gasteiger partial charge in [-0.25, -0.2) is 9.36 Å². The largest absolute Gasteiger partial charge is 0.524 e. The van der Waals surface area contributed by atoms with Crippen LogP contribution in [0.1, 0.15) is 223 Å². The van der Waals surface area contributed by atoms with Gasteiger partial charge in [-0.3, -0.25) is 38.6 Å². The molecule has 10 heterocycles. The summed E-state index contributed by atoms with van der Waals surface area (Å²) in [4.78, 5) is 134. The number of halogens is 3. The number of alkyl halides is 3. The maximum absolute atomic E-state index is 13.8. The number of aliphatic hydroxyl groups is 3. The van der Waals surface area contributed by atoms with E-state index in [0.29, 0.717) is 220 Å². The molecule has 9 aromatic carbocycles. The molecule has 4 fully saturated rings. The Labute approximate surface area is 878 Å². The molecule has 0 saturated carbocycles. The van der Waals surface area contributed by atoms with Crippen molar-refractivity contribution < 1.29 is 106 Å². The summed E-state index contributed by atoms with van der Waals surface area (Å²) in [6.07, 6.45) is 9.31. The molecular formula is C111H137Cl3N11O22P. The molecule has 10 aliphatic heterocycles. The predicted molar refractivity (Wildman–Crippen MR) is 573 cm³/mol. The van der Waals surface area contributed by atoms with Crippen molar-refractivity contribution in [2.24, 2.45) is 0 Å². The highest BCUT2D eigenvalue weighted by molar-refractivity contribution is 7.46. The van der Waals surface area contributed by atoms with Crippen LogP contribution in [0.25, 0.3) is 32.3 Å². The second-order valence-corrected chi connectivity index (χ2v) is 42.9. The first-order valence-corrected chi connectivity index (χ1v) is 55.1. The van der Waals surface area contributed by atoms with E-state index in [2.05, 4.69) is 4.90 Å². The number of methoxy groups -OCH3 is 3. The van der Waals surface area contributed by atoms with Crippen LogP contribution in [0.3, 0.4) is 0 Å². The highest BCUT2D eigenvalue weighted by Crippen LogP contribution is 2.54. The van der Waals surface area contributed by atoms with Gasteiger partial charge >= 0.3 is 13.9 Å². The smallest absolute Gasteiger partial charge is 0.507 e. The van der Waals surface area contributed by atoms with E-state index in [1.54, 1.807) is 91.0 Å². The highest BCUT2D eigenvalue weighted by Gasteiger charge is 2.49. The fourth-order valence-electron chi connectivity index (χ4n) is 23.3. The zero-order valence-corrected chi connectivity index (χ0v) is 89.0. The Hall–Kier alpha value is -11.5. The lowest BCUT2D eigenvalue weighted by Crippen LogP contribution is -2.50. The summed E-state index contributed by atoms with van der Waals surface area (Å²) in [6, 6.07) is 37.4. The molecule has 37 heteroatoms. The Morgan fingerprint density at radius 1 is 0.392 bits per heavy atom. The lowest BCUT2D eigenvalue weighted by molar-refractivity contribution is -0.119. The second-order valence-electron chi connectivity index (χ2n) is 40.8. The summed E-state index contributed by atoms with van der Waals surface area (Å²) < 4.78 is 58.3. The number of nitrogens with zero attached hydrogens (tertiary/aromatic N) is 11. The number of phenolic OH excluding ortho intramolecular Hbond substituents is 1. The second kappa shape index (κ2) is 47.0. The van der Waals surface area contributed by atoms with Gasteiger partial charge in [0.1, 0.15) is 35.9 Å². The van der Waals surface area contributed by atoms with Gasteiger partial charge < -0.3 is 112 Å². The molecule has 9 aromatic rings. The van der Waals surface area contributed by atoms with Crippen LogP contribution in [-0.4, -0.2) is 282 Å². The van der Waals surface area contributed by atoms with Crippen LogP contribution in [0, 0.1) is 0 Å². The van der Waals surface area contributed by atoms with E-state index in [1.807, 2.05) is 142 Å². The summed E-state index contributed by atoms with van der Waals surface area (Å²) in [7, 11) is 1.85. The van der Waals surface area contributed by atoms with Crippen molar-refractivity contribution in [1.82, 2.24) is 24.5 Å². The first-order valence-electron chi connectivity index (χ1n) is 52.0. The molecule has 7 amide bonds. The quantitative estimate of drug-likeness (QED) is 0.0126. The van der Waals surface area contributed by atoms with Crippen molar-refractivity contribution in [3.05, 3.63) is 161 Å². The minimum atomic E-state index is -4.84. The predicted octanol–water partition coefficient (Wildman–Crippen LogP) is 17.8. The third-order valence-corrected chi connectivity index (χ3v) is 32.1. The molecule has 19 rings (SSSR count). The van der Waals surface area contributed by atoms with Gasteiger partial charge in [-0.15, -0.1) is 34.8 Å². The van der Waals surface area contributed by atoms with Crippen molar-refractivity contribution in [3.8, 4) is 51.7 Å². The number of likely N-dealkylation sites (N-methyl/N-ethyl adjacent to an activating group) is 1. The molecule has 0 radical (unpaired) electrons. The van der Waals surface area contributed by atoms with Gasteiger partial charge in [0, 0.05) is 191 Å². The number of hydrogen-bond donors (Lipinski definition) is 6. The van der Waals surface area contributed by atoms with Crippen LogP contribution in [0.15, 0.2) is 127 Å². The van der Waals surface area contributed by atoms with Crippen LogP contribution >= 0.6 is 42.6 Å². The number of aliphatic hydroxyl groups excluding tert-OH is 3. The molecule has 10 aliphatic rings. The highest BCUT2D eigenvalue weighted by atomic mass is 35.5. The fraction of sp³-hybridized carbons (Fsp3) is 0.505. The molecule has 0 aliphatic carbocycles. The number of rotatable bonds is 33. The summed E-state index contributed by atoms with van der Waals surface area (Å²) >= 11 is 19.2. The number of ether oxygens (including phenoxy) is 7. The lowest BCUT2D eigenvalue weighted by Gasteiger charge is -2.36.